The number of hydrogen-bond acceptors (Lipinski definition) is 4. The van der Waals surface area contributed by atoms with Crippen molar-refractivity contribution in [2.75, 3.05) is 13.7 Å². The van der Waals surface area contributed by atoms with Crippen LogP contribution in [0.3, 0.4) is 0 Å². The van der Waals surface area contributed by atoms with Gasteiger partial charge in [0, 0.05) is 6.54 Å². The van der Waals surface area contributed by atoms with E-state index in [-0.39, 0.29) is 0 Å². The molecule has 142 valence electrons. The van der Waals surface area contributed by atoms with Crippen molar-refractivity contribution in [1.29, 1.82) is 0 Å². The molecule has 2 aromatic carbocycles. The van der Waals surface area contributed by atoms with E-state index >= 15 is 0 Å². The third-order valence-electron chi connectivity index (χ3n) is 4.42. The molecule has 0 N–H and O–H groups in total. The minimum Gasteiger partial charge on any atom is -0.494 e. The second-order valence-electron chi connectivity index (χ2n) is 6.68. The van der Waals surface area contributed by atoms with Gasteiger partial charge >= 0.3 is 0 Å². The molecule has 0 atom stereocenters. The lowest BCUT2D eigenvalue weighted by Crippen LogP contribution is -2.22. The van der Waals surface area contributed by atoms with Crippen LogP contribution in [0.5, 0.6) is 5.75 Å². The van der Waals surface area contributed by atoms with Gasteiger partial charge in [0.05, 0.1) is 19.0 Å². The summed E-state index contributed by atoms with van der Waals surface area (Å²) in [5, 5.41) is 4.66. The van der Waals surface area contributed by atoms with Gasteiger partial charge in [-0.2, -0.15) is 5.10 Å². The first-order valence-electron chi connectivity index (χ1n) is 9.12. The highest BCUT2D eigenvalue weighted by molar-refractivity contribution is 7.71. The van der Waals surface area contributed by atoms with E-state index in [0.717, 1.165) is 23.8 Å². The van der Waals surface area contributed by atoms with Gasteiger partial charge in [-0.05, 0) is 69.4 Å². The van der Waals surface area contributed by atoms with E-state index in [4.69, 9.17) is 17.0 Å². The number of aryl methyl sites for hydroxylation is 2. The lowest BCUT2D eigenvalue weighted by atomic mass is 10.2. The van der Waals surface area contributed by atoms with Crippen molar-refractivity contribution in [2.24, 2.45) is 0 Å². The number of hydrogen-bond donors (Lipinski definition) is 0. The molecule has 0 aliphatic rings. The van der Waals surface area contributed by atoms with Gasteiger partial charge in [0.2, 0.25) is 4.77 Å². The molecule has 5 nitrogen and oxygen atoms in total. The molecule has 0 amide bonds. The van der Waals surface area contributed by atoms with Crippen molar-refractivity contribution in [3.63, 3.8) is 0 Å². The summed E-state index contributed by atoms with van der Waals surface area (Å²) in [7, 11) is 2.07. The number of rotatable bonds is 7. The molecular formula is C21H26N4OS. The van der Waals surface area contributed by atoms with Crippen LogP contribution in [0.2, 0.25) is 0 Å². The Bertz CT molecular complexity index is 959. The molecule has 1 aromatic heterocycles. The summed E-state index contributed by atoms with van der Waals surface area (Å²) in [5.41, 5.74) is 3.49. The van der Waals surface area contributed by atoms with Crippen LogP contribution in [-0.2, 0) is 13.2 Å². The van der Waals surface area contributed by atoms with Gasteiger partial charge in [-0.25, -0.2) is 4.68 Å². The first-order valence-corrected chi connectivity index (χ1v) is 9.53. The highest BCUT2D eigenvalue weighted by Crippen LogP contribution is 2.17. The highest BCUT2D eigenvalue weighted by Gasteiger charge is 2.12. The van der Waals surface area contributed by atoms with Gasteiger partial charge in [-0.1, -0.05) is 30.3 Å². The number of aromatic nitrogens is 3. The van der Waals surface area contributed by atoms with E-state index in [0.29, 0.717) is 18.0 Å². The Morgan fingerprint density at radius 2 is 1.78 bits per heavy atom. The molecule has 0 unspecified atom stereocenters. The van der Waals surface area contributed by atoms with Gasteiger partial charge in [-0.15, -0.1) is 0 Å². The largest absolute Gasteiger partial charge is 0.494 e. The van der Waals surface area contributed by atoms with Crippen LogP contribution >= 0.6 is 12.2 Å². The highest BCUT2D eigenvalue weighted by atomic mass is 32.1. The second kappa shape index (κ2) is 8.50. The molecule has 1 heterocycles. The first-order chi connectivity index (χ1) is 13.0. The molecule has 6 heteroatoms. The third kappa shape index (κ3) is 4.46. The maximum Gasteiger partial charge on any atom is 0.203 e. The monoisotopic (exact) mass is 382 g/mol. The normalized spacial score (nSPS) is 11.1. The van der Waals surface area contributed by atoms with Crippen LogP contribution in [0, 0.1) is 18.6 Å². The predicted octanol–water partition coefficient (Wildman–Crippen LogP) is 4.51. The van der Waals surface area contributed by atoms with Crippen LogP contribution in [0.1, 0.15) is 23.9 Å². The molecule has 0 saturated carbocycles. The number of ether oxygens (including phenoxy) is 1. The minimum atomic E-state index is 0.631. The summed E-state index contributed by atoms with van der Waals surface area (Å²) >= 11 is 5.70. The van der Waals surface area contributed by atoms with Crippen LogP contribution in [0.25, 0.3) is 5.69 Å². The Labute approximate surface area is 165 Å². The van der Waals surface area contributed by atoms with E-state index in [9.17, 15) is 0 Å². The Morgan fingerprint density at radius 3 is 2.44 bits per heavy atom. The maximum atomic E-state index is 5.70. The minimum absolute atomic E-state index is 0.631. The van der Waals surface area contributed by atoms with Crippen molar-refractivity contribution >= 4 is 12.2 Å². The summed E-state index contributed by atoms with van der Waals surface area (Å²) in [6.45, 7) is 8.19. The smallest absolute Gasteiger partial charge is 0.203 e. The zero-order valence-corrected chi connectivity index (χ0v) is 17.2. The Kier molecular flexibility index (Phi) is 6.08. The third-order valence-corrected chi connectivity index (χ3v) is 4.81. The summed E-state index contributed by atoms with van der Waals surface area (Å²) in [6, 6.07) is 16.4. The van der Waals surface area contributed by atoms with Gasteiger partial charge in [0.15, 0.2) is 0 Å². The molecule has 0 radical (unpaired) electrons. The van der Waals surface area contributed by atoms with Crippen molar-refractivity contribution in [3.8, 4) is 11.4 Å². The van der Waals surface area contributed by atoms with Gasteiger partial charge in [-0.3, -0.25) is 9.47 Å². The fourth-order valence-corrected chi connectivity index (χ4v) is 3.48. The summed E-state index contributed by atoms with van der Waals surface area (Å²) < 4.78 is 10.1. The lowest BCUT2D eigenvalue weighted by molar-refractivity contribution is 0.243. The molecule has 0 saturated heterocycles. The van der Waals surface area contributed by atoms with E-state index in [1.807, 2.05) is 47.4 Å². The topological polar surface area (TPSA) is 35.2 Å². The van der Waals surface area contributed by atoms with Crippen molar-refractivity contribution in [2.45, 2.75) is 34.0 Å². The molecule has 0 fully saturated rings. The van der Waals surface area contributed by atoms with Gasteiger partial charge in [0.1, 0.15) is 11.6 Å². The molecule has 0 bridgehead atoms. The van der Waals surface area contributed by atoms with E-state index in [1.165, 1.54) is 11.1 Å². The quantitative estimate of drug-likeness (QED) is 0.563. The molecule has 0 spiro atoms. The average Bonchev–Trinajstić information content (AvgIpc) is 2.91. The standard InChI is InChI=1S/C21H26N4OS/c1-5-26-19-12-10-18(11-13-19)14-23(4)15-24-21(27)25(17(3)22-24)20-9-7-6-8-16(20)2/h6-13H,5,14-15H2,1-4H3. The molecule has 3 rings (SSSR count). The van der Waals surface area contributed by atoms with Gasteiger partial charge < -0.3 is 4.74 Å². The summed E-state index contributed by atoms with van der Waals surface area (Å²) in [6.07, 6.45) is 0. The van der Waals surface area contributed by atoms with E-state index < -0.39 is 0 Å². The summed E-state index contributed by atoms with van der Waals surface area (Å²) in [4.78, 5) is 2.19. The second-order valence-corrected chi connectivity index (χ2v) is 7.05. The SMILES string of the molecule is CCOc1ccc(CN(C)Cn2nc(C)n(-c3ccccc3C)c2=S)cc1. The number of para-hydroxylation sites is 1. The zero-order chi connectivity index (χ0) is 19.4. The van der Waals surface area contributed by atoms with Crippen molar-refractivity contribution in [1.82, 2.24) is 19.2 Å². The lowest BCUT2D eigenvalue weighted by Gasteiger charge is -2.17. The fourth-order valence-electron chi connectivity index (χ4n) is 3.15. The predicted molar refractivity (Wildman–Crippen MR) is 111 cm³/mol. The molecular weight excluding hydrogens is 356 g/mol. The van der Waals surface area contributed by atoms with Crippen LogP contribution in [0.15, 0.2) is 48.5 Å². The van der Waals surface area contributed by atoms with Crippen LogP contribution in [-0.4, -0.2) is 32.9 Å². The average molecular weight is 383 g/mol. The van der Waals surface area contributed by atoms with Crippen LogP contribution < -0.4 is 4.74 Å². The number of nitrogens with zero attached hydrogens (tertiary/aromatic N) is 4. The van der Waals surface area contributed by atoms with E-state index in [1.54, 1.807) is 0 Å². The number of benzene rings is 2. The van der Waals surface area contributed by atoms with Gasteiger partial charge in [0.25, 0.3) is 0 Å². The van der Waals surface area contributed by atoms with Crippen LogP contribution in [0.4, 0.5) is 0 Å². The zero-order valence-electron chi connectivity index (χ0n) is 16.3. The molecule has 0 aliphatic heterocycles. The summed E-state index contributed by atoms with van der Waals surface area (Å²) in [5.74, 6) is 1.79. The Morgan fingerprint density at radius 1 is 1.07 bits per heavy atom. The van der Waals surface area contributed by atoms with E-state index in [2.05, 4.69) is 48.2 Å². The Hall–Kier alpha value is -2.44. The maximum absolute atomic E-state index is 5.70. The first kappa shape index (κ1) is 19.3. The molecule has 0 aliphatic carbocycles. The van der Waals surface area contributed by atoms with Crippen molar-refractivity contribution < 1.29 is 4.74 Å². The Balaban J connectivity index is 1.75. The molecule has 3 aromatic rings. The fraction of sp³-hybridized carbons (Fsp3) is 0.333. The molecule has 27 heavy (non-hydrogen) atoms. The van der Waals surface area contributed by atoms with Crippen molar-refractivity contribution in [3.05, 3.63) is 70.3 Å².